The van der Waals surface area contributed by atoms with Crippen molar-refractivity contribution in [3.05, 3.63) is 28.0 Å². The third-order valence-electron chi connectivity index (χ3n) is 1.67. The number of benzene rings is 1. The lowest BCUT2D eigenvalue weighted by molar-refractivity contribution is -0.139. The van der Waals surface area contributed by atoms with Gasteiger partial charge in [0.2, 0.25) is 0 Å². The summed E-state index contributed by atoms with van der Waals surface area (Å²) in [4.78, 5) is 10.9. The molecular weight excluding hydrogens is 255 g/mol. The maximum atomic E-state index is 12.9. The zero-order valence-electron chi connectivity index (χ0n) is 7.38. The molecule has 14 heavy (non-hydrogen) atoms. The third kappa shape index (κ3) is 2.45. The molecule has 3 nitrogen and oxygen atoms in total. The van der Waals surface area contributed by atoms with Crippen LogP contribution in [0.15, 0.2) is 16.6 Å². The van der Waals surface area contributed by atoms with Crippen molar-refractivity contribution in [1.82, 2.24) is 0 Å². The zero-order chi connectivity index (χ0) is 10.7. The van der Waals surface area contributed by atoms with Gasteiger partial charge in [0.1, 0.15) is 11.6 Å². The van der Waals surface area contributed by atoms with E-state index in [2.05, 4.69) is 20.7 Å². The van der Waals surface area contributed by atoms with E-state index in [-0.39, 0.29) is 22.2 Å². The van der Waals surface area contributed by atoms with Crippen LogP contribution in [-0.2, 0) is 16.0 Å². The van der Waals surface area contributed by atoms with E-state index < -0.39 is 11.8 Å². The predicted octanol–water partition coefficient (Wildman–Crippen LogP) is 2.01. The second-order valence-corrected chi connectivity index (χ2v) is 3.50. The number of esters is 1. The third-order valence-corrected chi connectivity index (χ3v) is 2.27. The van der Waals surface area contributed by atoms with Gasteiger partial charge in [0.05, 0.1) is 18.0 Å². The highest BCUT2D eigenvalue weighted by Gasteiger charge is 2.12. The van der Waals surface area contributed by atoms with Gasteiger partial charge >= 0.3 is 5.97 Å². The highest BCUT2D eigenvalue weighted by atomic mass is 79.9. The Kier molecular flexibility index (Phi) is 3.46. The predicted molar refractivity (Wildman–Crippen MR) is 51.5 cm³/mol. The van der Waals surface area contributed by atoms with Crippen LogP contribution in [0.5, 0.6) is 5.75 Å². The molecule has 0 saturated carbocycles. The van der Waals surface area contributed by atoms with Gasteiger partial charge in [-0.1, -0.05) is 0 Å². The van der Waals surface area contributed by atoms with Gasteiger partial charge in [0.15, 0.2) is 0 Å². The van der Waals surface area contributed by atoms with Crippen LogP contribution in [0.4, 0.5) is 4.39 Å². The summed E-state index contributed by atoms with van der Waals surface area (Å²) in [7, 11) is 1.23. The Morgan fingerprint density at radius 1 is 1.64 bits per heavy atom. The minimum absolute atomic E-state index is 0.142. The van der Waals surface area contributed by atoms with Crippen LogP contribution in [0.2, 0.25) is 0 Å². The Balaban J connectivity index is 3.02. The molecule has 0 radical (unpaired) electrons. The lowest BCUT2D eigenvalue weighted by Gasteiger charge is -2.05. The normalized spacial score (nSPS) is 9.93. The maximum Gasteiger partial charge on any atom is 0.310 e. The second-order valence-electron chi connectivity index (χ2n) is 2.65. The molecule has 0 atom stereocenters. The molecule has 0 spiro atoms. The number of carbonyl (C=O) groups is 1. The summed E-state index contributed by atoms with van der Waals surface area (Å²) < 4.78 is 17.5. The average Bonchev–Trinajstić information content (AvgIpc) is 2.13. The van der Waals surface area contributed by atoms with Gasteiger partial charge in [-0.15, -0.1) is 0 Å². The largest absolute Gasteiger partial charge is 0.506 e. The number of aromatic hydroxyl groups is 1. The van der Waals surface area contributed by atoms with Crippen molar-refractivity contribution >= 4 is 21.9 Å². The summed E-state index contributed by atoms with van der Waals surface area (Å²) in [6.07, 6.45) is -0.154. The highest BCUT2D eigenvalue weighted by molar-refractivity contribution is 9.10. The fourth-order valence-corrected chi connectivity index (χ4v) is 1.46. The molecule has 1 N–H and O–H groups in total. The quantitative estimate of drug-likeness (QED) is 0.830. The van der Waals surface area contributed by atoms with E-state index in [1.807, 2.05) is 0 Å². The zero-order valence-corrected chi connectivity index (χ0v) is 8.97. The van der Waals surface area contributed by atoms with E-state index in [0.717, 1.165) is 12.1 Å². The number of halogens is 2. The topological polar surface area (TPSA) is 46.5 Å². The van der Waals surface area contributed by atoms with Crippen molar-refractivity contribution < 1.29 is 19.0 Å². The number of rotatable bonds is 2. The molecule has 0 aliphatic heterocycles. The SMILES string of the molecule is COC(=O)Cc1cc(F)cc(Br)c1O. The van der Waals surface area contributed by atoms with E-state index >= 15 is 0 Å². The van der Waals surface area contributed by atoms with Crippen LogP contribution in [0, 0.1) is 5.82 Å². The molecule has 5 heteroatoms. The van der Waals surface area contributed by atoms with Crippen LogP contribution in [0.25, 0.3) is 0 Å². The number of hydrogen-bond donors (Lipinski definition) is 1. The van der Waals surface area contributed by atoms with Gasteiger partial charge in [-0.05, 0) is 28.1 Å². The molecule has 0 fully saturated rings. The summed E-state index contributed by atoms with van der Waals surface area (Å²) in [5.41, 5.74) is 0.198. The molecule has 0 saturated heterocycles. The molecule has 1 rings (SSSR count). The lowest BCUT2D eigenvalue weighted by Crippen LogP contribution is -2.05. The first-order valence-electron chi connectivity index (χ1n) is 3.78. The van der Waals surface area contributed by atoms with Gasteiger partial charge in [-0.25, -0.2) is 4.39 Å². The van der Waals surface area contributed by atoms with Crippen molar-refractivity contribution in [2.24, 2.45) is 0 Å². The van der Waals surface area contributed by atoms with Crippen LogP contribution >= 0.6 is 15.9 Å². The van der Waals surface area contributed by atoms with E-state index in [1.54, 1.807) is 0 Å². The fraction of sp³-hybridized carbons (Fsp3) is 0.222. The Morgan fingerprint density at radius 2 is 2.29 bits per heavy atom. The average molecular weight is 263 g/mol. The standard InChI is InChI=1S/C9H8BrFO3/c1-14-8(12)3-5-2-6(11)4-7(10)9(5)13/h2,4,13H,3H2,1H3. The van der Waals surface area contributed by atoms with Crippen molar-refractivity contribution in [2.45, 2.75) is 6.42 Å². The van der Waals surface area contributed by atoms with Gasteiger partial charge < -0.3 is 9.84 Å². The number of ether oxygens (including phenoxy) is 1. The van der Waals surface area contributed by atoms with Crippen LogP contribution < -0.4 is 0 Å². The molecule has 0 aliphatic carbocycles. The first-order valence-corrected chi connectivity index (χ1v) is 4.57. The van der Waals surface area contributed by atoms with Gasteiger partial charge in [0.25, 0.3) is 0 Å². The Labute approximate surface area is 88.6 Å². The summed E-state index contributed by atoms with van der Waals surface area (Å²) >= 11 is 2.97. The molecule has 1 aromatic carbocycles. The monoisotopic (exact) mass is 262 g/mol. The smallest absolute Gasteiger partial charge is 0.310 e. The van der Waals surface area contributed by atoms with Crippen molar-refractivity contribution in [2.75, 3.05) is 7.11 Å². The minimum atomic E-state index is -0.530. The van der Waals surface area contributed by atoms with E-state index in [0.29, 0.717) is 0 Å². The first-order chi connectivity index (χ1) is 6.54. The van der Waals surface area contributed by atoms with Crippen molar-refractivity contribution in [3.63, 3.8) is 0 Å². The summed E-state index contributed by atoms with van der Waals surface area (Å²) in [6.45, 7) is 0. The highest BCUT2D eigenvalue weighted by Crippen LogP contribution is 2.29. The van der Waals surface area contributed by atoms with Crippen LogP contribution in [0.1, 0.15) is 5.56 Å². The van der Waals surface area contributed by atoms with E-state index in [1.165, 1.54) is 7.11 Å². The second kappa shape index (κ2) is 4.41. The molecule has 0 aliphatic rings. The summed E-state index contributed by atoms with van der Waals surface area (Å²) in [5, 5.41) is 9.45. The number of carbonyl (C=O) groups excluding carboxylic acids is 1. The van der Waals surface area contributed by atoms with Crippen LogP contribution in [-0.4, -0.2) is 18.2 Å². The molecule has 76 valence electrons. The molecular formula is C9H8BrFO3. The molecule has 1 aromatic rings. The lowest BCUT2D eigenvalue weighted by atomic mass is 10.1. The number of phenols is 1. The Bertz CT molecular complexity index is 365. The first kappa shape index (κ1) is 11.0. The van der Waals surface area contributed by atoms with Gasteiger partial charge in [0, 0.05) is 5.56 Å². The number of phenolic OH excluding ortho intramolecular Hbond substituents is 1. The fourth-order valence-electron chi connectivity index (χ4n) is 0.982. The number of hydrogen-bond acceptors (Lipinski definition) is 3. The van der Waals surface area contributed by atoms with Gasteiger partial charge in [-0.2, -0.15) is 0 Å². The van der Waals surface area contributed by atoms with E-state index in [4.69, 9.17) is 0 Å². The Hall–Kier alpha value is -1.10. The van der Waals surface area contributed by atoms with Crippen molar-refractivity contribution in [1.29, 1.82) is 0 Å². The molecule has 0 bridgehead atoms. The Morgan fingerprint density at radius 3 is 2.86 bits per heavy atom. The maximum absolute atomic E-state index is 12.9. The molecule has 0 aromatic heterocycles. The van der Waals surface area contributed by atoms with Crippen LogP contribution in [0.3, 0.4) is 0 Å². The van der Waals surface area contributed by atoms with E-state index in [9.17, 15) is 14.3 Å². The summed E-state index contributed by atoms with van der Waals surface area (Å²) in [5.74, 6) is -1.19. The molecule has 0 amide bonds. The van der Waals surface area contributed by atoms with Gasteiger partial charge in [-0.3, -0.25) is 4.79 Å². The van der Waals surface area contributed by atoms with Crippen molar-refractivity contribution in [3.8, 4) is 5.75 Å². The minimum Gasteiger partial charge on any atom is -0.506 e. The number of methoxy groups -OCH3 is 1. The molecule has 0 unspecified atom stereocenters. The summed E-state index contributed by atoms with van der Waals surface area (Å²) in [6, 6.07) is 2.22. The molecule has 0 heterocycles.